The summed E-state index contributed by atoms with van der Waals surface area (Å²) >= 11 is 100. The van der Waals surface area contributed by atoms with Gasteiger partial charge in [-0.25, -0.2) is 0 Å². The van der Waals surface area contributed by atoms with Gasteiger partial charge in [-0.2, -0.15) is 0 Å². The molecule has 0 aliphatic heterocycles. The molecule has 0 amide bonds. The van der Waals surface area contributed by atoms with E-state index in [-0.39, 0.29) is 6.42 Å². The highest BCUT2D eigenvalue weighted by Crippen LogP contribution is 2.62. The predicted molar refractivity (Wildman–Crippen MR) is 146 cm³/mol. The smallest absolute Gasteiger partial charge is 0.122 e. The van der Waals surface area contributed by atoms with Crippen LogP contribution in [0.1, 0.15) is 20.3 Å². The maximum atomic E-state index is 6.40. The number of hydrogen-bond donors (Lipinski definition) is 0. The third kappa shape index (κ3) is 8.07. The van der Waals surface area contributed by atoms with E-state index in [0.717, 1.165) is 0 Å². The molecule has 0 aromatic carbocycles. The van der Waals surface area contributed by atoms with Crippen LogP contribution in [0.4, 0.5) is 0 Å². The molecule has 0 radical (unpaired) electrons. The largest absolute Gasteiger partial charge is 0.185 e. The van der Waals surface area contributed by atoms with Gasteiger partial charge in [0.05, 0.1) is 21.5 Å². The Morgan fingerprint density at radius 1 is 0.667 bits per heavy atom. The van der Waals surface area contributed by atoms with Gasteiger partial charge in [-0.1, -0.05) is 92.8 Å². The molecule has 6 unspecified atom stereocenters. The summed E-state index contributed by atoms with van der Waals surface area (Å²) < 4.78 is -10.6. The Hall–Kier alpha value is 4.64. The molecule has 0 N–H and O–H groups in total. The van der Waals surface area contributed by atoms with Gasteiger partial charge in [0.1, 0.15) is 9.71 Å². The van der Waals surface area contributed by atoms with E-state index in [2.05, 4.69) is 0 Å². The van der Waals surface area contributed by atoms with E-state index in [9.17, 15) is 0 Å². The maximum Gasteiger partial charge on any atom is 0.185 e. The second-order valence-corrected chi connectivity index (χ2v) is 17.1. The first-order valence-corrected chi connectivity index (χ1v) is 14.1. The quantitative estimate of drug-likeness (QED) is 0.185. The summed E-state index contributed by atoms with van der Waals surface area (Å²) in [4.78, 5) is 0. The Labute approximate surface area is 256 Å². The zero-order chi connectivity index (χ0) is 24.7. The lowest BCUT2D eigenvalue weighted by molar-refractivity contribution is 0.481. The van der Waals surface area contributed by atoms with Gasteiger partial charge in [0, 0.05) is 11.8 Å². The van der Waals surface area contributed by atoms with Crippen LogP contribution >= 0.6 is 186 Å². The average Bonchev–Trinajstić information content (AvgIpc) is 2.57. The molecule has 182 valence electrons. The summed E-state index contributed by atoms with van der Waals surface area (Å²) in [6.07, 6.45) is -0.369. The minimum absolute atomic E-state index is 0.369. The van der Waals surface area contributed by atoms with Crippen LogP contribution in [-0.2, 0) is 0 Å². The van der Waals surface area contributed by atoms with Gasteiger partial charge in [-0.3, -0.25) is 0 Å². The highest BCUT2D eigenvalue weighted by molar-refractivity contribution is 6.72. The zero-order valence-electron chi connectivity index (χ0n) is 14.7. The molecule has 0 aliphatic carbocycles. The zero-order valence-corrected chi connectivity index (χ0v) is 26.8. The van der Waals surface area contributed by atoms with Crippen LogP contribution in [0.15, 0.2) is 0 Å². The van der Waals surface area contributed by atoms with E-state index in [4.69, 9.17) is 186 Å². The van der Waals surface area contributed by atoms with Crippen LogP contribution in [-0.4, -0.2) is 53.9 Å². The van der Waals surface area contributed by atoms with Crippen LogP contribution < -0.4 is 0 Å². The molecule has 0 spiro atoms. The van der Waals surface area contributed by atoms with Gasteiger partial charge in [0.15, 0.2) is 17.3 Å². The summed E-state index contributed by atoms with van der Waals surface area (Å²) in [5.74, 6) is 0. The number of hydrogen-bond acceptors (Lipinski definition) is 0. The molecular weight excluding hydrogens is 735 g/mol. The van der Waals surface area contributed by atoms with Crippen molar-refractivity contribution in [2.24, 2.45) is 0 Å². The molecule has 0 bridgehead atoms. The van der Waals surface area contributed by atoms with E-state index >= 15 is 0 Å². The van der Waals surface area contributed by atoms with Gasteiger partial charge in [-0.05, 0) is 13.8 Å². The first-order valence-electron chi connectivity index (χ1n) is 7.69. The van der Waals surface area contributed by atoms with Crippen LogP contribution in [0, 0.1) is 0 Å². The highest BCUT2D eigenvalue weighted by Gasteiger charge is 2.68. The summed E-state index contributed by atoms with van der Waals surface area (Å²) in [5, 5.41) is -6.57. The Morgan fingerprint density at radius 2 is 1.07 bits per heavy atom. The van der Waals surface area contributed by atoms with Crippen LogP contribution in [0.2, 0.25) is 0 Å². The fourth-order valence-electron chi connectivity index (χ4n) is 1.94. The Bertz CT molecular complexity index is 553. The Balaban J connectivity index is 5.96. The fraction of sp³-hybridized carbons (Fsp3) is 1.00. The molecular formula is C14H14Cl16. The molecule has 30 heavy (non-hydrogen) atoms. The van der Waals surface area contributed by atoms with Crippen molar-refractivity contribution in [2.75, 3.05) is 0 Å². The molecule has 0 nitrogen and oxygen atoms in total. The van der Waals surface area contributed by atoms with Gasteiger partial charge in [0.2, 0.25) is 0 Å². The van der Waals surface area contributed by atoms with Crippen molar-refractivity contribution in [1.82, 2.24) is 0 Å². The molecule has 0 aromatic heterocycles. The first kappa shape index (κ1) is 34.6. The average molecular weight is 750 g/mol. The summed E-state index contributed by atoms with van der Waals surface area (Å²) in [5.41, 5.74) is 0. The fourth-order valence-corrected chi connectivity index (χ4v) is 6.90. The number of halogens is 16. The molecule has 16 heteroatoms. The minimum Gasteiger partial charge on any atom is -0.122 e. The van der Waals surface area contributed by atoms with Crippen molar-refractivity contribution >= 4 is 186 Å². The van der Waals surface area contributed by atoms with E-state index in [0.29, 0.717) is 0 Å². The Morgan fingerprint density at radius 3 is 1.40 bits per heavy atom. The van der Waals surface area contributed by atoms with E-state index in [1.165, 1.54) is 6.92 Å². The van der Waals surface area contributed by atoms with Crippen molar-refractivity contribution in [2.45, 2.75) is 74.2 Å². The molecule has 0 heterocycles. The molecule has 0 aromatic rings. The summed E-state index contributed by atoms with van der Waals surface area (Å²) in [6, 6.07) is 0. The van der Waals surface area contributed by atoms with Crippen molar-refractivity contribution in [3.63, 3.8) is 0 Å². The number of alkyl halides is 16. The van der Waals surface area contributed by atoms with Gasteiger partial charge in [0.25, 0.3) is 0 Å². The molecule has 0 fully saturated rings. The third-order valence-electron chi connectivity index (χ3n) is 3.91. The standard InChI is InChI=1S/C14H14Cl16/c1-4(15)6(17)7(18)8(19)12(25,26)9(20)13(27,28)14(29,30)11(23,24)3-5(16)10(2,21)22/h4-9H,3H2,1-2H3. The third-order valence-corrected chi connectivity index (χ3v) is 13.8. The van der Waals surface area contributed by atoms with E-state index in [1.54, 1.807) is 6.92 Å². The highest BCUT2D eigenvalue weighted by atomic mass is 35.6. The van der Waals surface area contributed by atoms with Crippen molar-refractivity contribution in [3.05, 3.63) is 0 Å². The summed E-state index contributed by atoms with van der Waals surface area (Å²) in [6.45, 7) is 3.00. The van der Waals surface area contributed by atoms with Crippen LogP contribution in [0.5, 0.6) is 0 Å². The lowest BCUT2D eigenvalue weighted by atomic mass is 10.00. The first-order chi connectivity index (χ1) is 13.0. The van der Waals surface area contributed by atoms with E-state index < -0.39 is 53.9 Å². The predicted octanol–water partition coefficient (Wildman–Crippen LogP) is 10.9. The van der Waals surface area contributed by atoms with Crippen LogP contribution in [0.3, 0.4) is 0 Å². The molecule has 0 saturated heterocycles. The second-order valence-electron chi connectivity index (χ2n) is 6.53. The van der Waals surface area contributed by atoms with Crippen molar-refractivity contribution in [3.8, 4) is 0 Å². The summed E-state index contributed by atoms with van der Waals surface area (Å²) in [7, 11) is 0. The Kier molecular flexibility index (Phi) is 14.4. The van der Waals surface area contributed by atoms with Gasteiger partial charge >= 0.3 is 0 Å². The lowest BCUT2D eigenvalue weighted by Crippen LogP contribution is -2.61. The lowest BCUT2D eigenvalue weighted by Gasteiger charge is -2.47. The van der Waals surface area contributed by atoms with Gasteiger partial charge < -0.3 is 0 Å². The maximum absolute atomic E-state index is 6.40. The minimum atomic E-state index is -2.43. The van der Waals surface area contributed by atoms with E-state index in [1.807, 2.05) is 0 Å². The monoisotopic (exact) mass is 742 g/mol. The number of rotatable bonds is 11. The van der Waals surface area contributed by atoms with Crippen molar-refractivity contribution < 1.29 is 0 Å². The molecule has 0 rings (SSSR count). The van der Waals surface area contributed by atoms with Crippen LogP contribution in [0.25, 0.3) is 0 Å². The molecule has 6 atom stereocenters. The van der Waals surface area contributed by atoms with Crippen molar-refractivity contribution in [1.29, 1.82) is 0 Å². The SMILES string of the molecule is CC(Cl)C(Cl)C(Cl)C(Cl)C(Cl)(Cl)C(Cl)C(Cl)(Cl)C(Cl)(Cl)C(Cl)(Cl)CC(Cl)C(C)(Cl)Cl. The normalized spacial score (nSPS) is 21.0. The van der Waals surface area contributed by atoms with Gasteiger partial charge in [-0.15, -0.1) is 92.8 Å². The molecule has 0 saturated carbocycles. The second kappa shape index (κ2) is 12.5. The topological polar surface area (TPSA) is 0 Å². The molecule has 0 aliphatic rings.